The standard InChI is InChI=1S/C39H48F2N6O8S/c40-39(41)19-9-18-37(16-8-17-37)23-54-36(51)44-29-13-5-3-1-2-4-10-24-20-38(24,35(50)46-56(52,53)25-14-15-25)45-32(48)26-21-47(34(29)49)22-30(26)55-33-31(39)42-27-11-6-7-12-28(27)43-33/h6-7,9,11-12,19,24-26,29-30H,1-5,8,10,13-18,20-23H2,(H,44,51)(H,45,48)(H,46,50)/b19-9+/t24-,26?,29+,30+,38-/m1/s1. The first-order valence-electron chi connectivity index (χ1n) is 19.9. The van der Waals surface area contributed by atoms with Crippen LogP contribution in [0.5, 0.6) is 5.88 Å². The molecule has 1 aromatic heterocycles. The molecule has 4 bridgehead atoms. The predicted molar refractivity (Wildman–Crippen MR) is 198 cm³/mol. The lowest BCUT2D eigenvalue weighted by molar-refractivity contribution is -0.134. The van der Waals surface area contributed by atoms with Gasteiger partial charge >= 0.3 is 12.0 Å². The molecule has 5 fully saturated rings. The Balaban J connectivity index is 1.17. The number of ether oxygens (including phenoxy) is 2. The van der Waals surface area contributed by atoms with Crippen LogP contribution in [0.4, 0.5) is 13.6 Å². The molecule has 14 nitrogen and oxygen atoms in total. The van der Waals surface area contributed by atoms with Gasteiger partial charge < -0.3 is 25.0 Å². The Morgan fingerprint density at radius 1 is 0.929 bits per heavy atom. The molecule has 3 aliphatic carbocycles. The Morgan fingerprint density at radius 2 is 1.64 bits per heavy atom. The molecule has 3 N–H and O–H groups in total. The number of hydrogen-bond acceptors (Lipinski definition) is 10. The first-order valence-corrected chi connectivity index (χ1v) is 21.4. The van der Waals surface area contributed by atoms with Crippen LogP contribution in [0.1, 0.15) is 95.6 Å². The third kappa shape index (κ3) is 7.79. The number of nitrogens with zero attached hydrogens (tertiary/aromatic N) is 3. The van der Waals surface area contributed by atoms with Crippen molar-refractivity contribution in [1.29, 1.82) is 0 Å². The summed E-state index contributed by atoms with van der Waals surface area (Å²) in [5.74, 6) is -7.72. The molecule has 4 heterocycles. The summed E-state index contributed by atoms with van der Waals surface area (Å²) in [4.78, 5) is 65.9. The first-order chi connectivity index (χ1) is 26.8. The highest BCUT2D eigenvalue weighted by molar-refractivity contribution is 7.91. The van der Waals surface area contributed by atoms with Crippen molar-refractivity contribution in [2.24, 2.45) is 17.3 Å². The van der Waals surface area contributed by atoms with Gasteiger partial charge in [0, 0.05) is 12.0 Å². The lowest BCUT2D eigenvalue weighted by Gasteiger charge is -2.40. The van der Waals surface area contributed by atoms with E-state index < -0.39 is 85.6 Å². The average molecular weight is 799 g/mol. The van der Waals surface area contributed by atoms with E-state index in [1.54, 1.807) is 24.3 Å². The van der Waals surface area contributed by atoms with Crippen LogP contribution in [-0.2, 0) is 35.1 Å². The molecule has 2 saturated heterocycles. The fraction of sp³-hybridized carbons (Fsp3) is 0.641. The second-order valence-electron chi connectivity index (χ2n) is 16.6. The SMILES string of the molecule is O=C1N[C@H]2CCCCCCC[C@@H]3C[C@@]3(C(=O)NS(=O)(=O)C3CC3)NC(=O)C3CN(C[C@@H]3Oc3nc4ccccc4nc3C(F)(F)/C=C/CC3(CCC3)CO1)C2=O. The molecule has 1 aromatic carbocycles. The summed E-state index contributed by atoms with van der Waals surface area (Å²) in [5.41, 5.74) is -2.32. The molecule has 1 spiro atoms. The Bertz CT molecular complexity index is 2040. The molecule has 0 radical (unpaired) electrons. The fourth-order valence-electron chi connectivity index (χ4n) is 8.68. The number of amides is 4. The molecule has 302 valence electrons. The van der Waals surface area contributed by atoms with Gasteiger partial charge in [-0.05, 0) is 75.5 Å². The summed E-state index contributed by atoms with van der Waals surface area (Å²) < 4.78 is 72.5. The van der Waals surface area contributed by atoms with E-state index in [0.717, 1.165) is 38.2 Å². The van der Waals surface area contributed by atoms with Crippen LogP contribution >= 0.6 is 0 Å². The number of carbonyl (C=O) groups is 4. The van der Waals surface area contributed by atoms with Crippen molar-refractivity contribution in [2.45, 2.75) is 119 Å². The third-order valence-electron chi connectivity index (χ3n) is 12.5. The van der Waals surface area contributed by atoms with Gasteiger partial charge in [-0.1, -0.05) is 56.7 Å². The second kappa shape index (κ2) is 14.8. The molecule has 1 unspecified atom stereocenters. The van der Waals surface area contributed by atoms with Gasteiger partial charge in [-0.15, -0.1) is 0 Å². The number of hydrogen-bond donors (Lipinski definition) is 3. The van der Waals surface area contributed by atoms with Crippen molar-refractivity contribution in [3.63, 3.8) is 0 Å². The van der Waals surface area contributed by atoms with Crippen LogP contribution < -0.4 is 20.1 Å². The van der Waals surface area contributed by atoms with Crippen molar-refractivity contribution in [3.8, 4) is 5.88 Å². The summed E-state index contributed by atoms with van der Waals surface area (Å²) in [7, 11) is -3.93. The number of fused-ring (bicyclic) bond motifs is 7. The maximum Gasteiger partial charge on any atom is 0.407 e. The van der Waals surface area contributed by atoms with E-state index in [4.69, 9.17) is 9.47 Å². The summed E-state index contributed by atoms with van der Waals surface area (Å²) in [6, 6.07) is 5.49. The number of alkyl halides is 2. The largest absolute Gasteiger partial charge is 0.470 e. The number of sulfonamides is 1. The number of para-hydroxylation sites is 2. The molecule has 8 rings (SSSR count). The van der Waals surface area contributed by atoms with Crippen molar-refractivity contribution >= 4 is 44.9 Å². The maximum absolute atomic E-state index is 16.3. The molecule has 17 heteroatoms. The Kier molecular flexibility index (Phi) is 10.2. The van der Waals surface area contributed by atoms with Gasteiger partial charge in [0.05, 0.1) is 35.4 Å². The minimum Gasteiger partial charge on any atom is -0.470 e. The topological polar surface area (TPSA) is 186 Å². The van der Waals surface area contributed by atoms with E-state index in [9.17, 15) is 27.6 Å². The zero-order valence-electron chi connectivity index (χ0n) is 31.1. The van der Waals surface area contributed by atoms with E-state index >= 15 is 8.78 Å². The lowest BCUT2D eigenvalue weighted by Crippen LogP contribution is -2.55. The van der Waals surface area contributed by atoms with Crippen molar-refractivity contribution in [3.05, 3.63) is 42.1 Å². The van der Waals surface area contributed by atoms with E-state index in [2.05, 4.69) is 25.3 Å². The molecule has 3 aliphatic heterocycles. The zero-order valence-corrected chi connectivity index (χ0v) is 32.0. The quantitative estimate of drug-likeness (QED) is 0.377. The van der Waals surface area contributed by atoms with Crippen LogP contribution in [0.3, 0.4) is 0 Å². The minimum absolute atomic E-state index is 0.00783. The summed E-state index contributed by atoms with van der Waals surface area (Å²) >= 11 is 0. The maximum atomic E-state index is 16.3. The van der Waals surface area contributed by atoms with E-state index in [-0.39, 0.29) is 49.5 Å². The highest BCUT2D eigenvalue weighted by Gasteiger charge is 2.62. The number of benzene rings is 1. The van der Waals surface area contributed by atoms with Gasteiger partial charge in [0.2, 0.25) is 27.7 Å². The Morgan fingerprint density at radius 3 is 2.36 bits per heavy atom. The number of allylic oxidation sites excluding steroid dienone is 2. The second-order valence-corrected chi connectivity index (χ2v) is 18.6. The monoisotopic (exact) mass is 798 g/mol. The van der Waals surface area contributed by atoms with Crippen LogP contribution in [0.2, 0.25) is 0 Å². The van der Waals surface area contributed by atoms with Crippen LogP contribution in [0, 0.1) is 17.3 Å². The molecule has 4 amide bonds. The van der Waals surface area contributed by atoms with Gasteiger partial charge in [0.25, 0.3) is 5.91 Å². The lowest BCUT2D eigenvalue weighted by atomic mass is 9.67. The third-order valence-corrected chi connectivity index (χ3v) is 14.3. The first kappa shape index (κ1) is 38.5. The van der Waals surface area contributed by atoms with Crippen molar-refractivity contribution < 1.29 is 45.9 Å². The molecular weight excluding hydrogens is 751 g/mol. The zero-order chi connectivity index (χ0) is 39.3. The summed E-state index contributed by atoms with van der Waals surface area (Å²) in [5, 5.41) is 4.95. The average Bonchev–Trinajstić information content (AvgIpc) is 4.07. The number of rotatable bonds is 3. The molecule has 5 atom stereocenters. The predicted octanol–water partition coefficient (Wildman–Crippen LogP) is 4.38. The van der Waals surface area contributed by atoms with Gasteiger partial charge in [-0.2, -0.15) is 8.78 Å². The fourth-order valence-corrected chi connectivity index (χ4v) is 10.0. The van der Waals surface area contributed by atoms with E-state index in [1.807, 2.05) is 0 Å². The number of nitrogens with one attached hydrogen (secondary N) is 3. The Labute approximate surface area is 324 Å². The highest BCUT2D eigenvalue weighted by Crippen LogP contribution is 2.49. The van der Waals surface area contributed by atoms with Gasteiger partial charge in [0.15, 0.2) is 5.69 Å². The summed E-state index contributed by atoms with van der Waals surface area (Å²) in [6.07, 6.45) is 8.29. The van der Waals surface area contributed by atoms with Crippen LogP contribution in [-0.4, -0.2) is 89.7 Å². The number of aromatic nitrogens is 2. The van der Waals surface area contributed by atoms with Gasteiger partial charge in [-0.3, -0.25) is 19.1 Å². The molecule has 56 heavy (non-hydrogen) atoms. The van der Waals surface area contributed by atoms with Gasteiger partial charge in [-0.25, -0.2) is 23.2 Å². The van der Waals surface area contributed by atoms with Crippen LogP contribution in [0.15, 0.2) is 36.4 Å². The molecule has 6 aliphatic rings. The number of alkyl carbamates (subject to hydrolysis) is 1. The smallest absolute Gasteiger partial charge is 0.407 e. The minimum atomic E-state index is -3.93. The number of carbonyl (C=O) groups excluding carboxylic acids is 4. The number of halogens is 2. The number of cyclic esters (lactones) is 1. The Hall–Kier alpha value is -4.41. The van der Waals surface area contributed by atoms with E-state index in [0.29, 0.717) is 44.9 Å². The van der Waals surface area contributed by atoms with Crippen molar-refractivity contribution in [1.82, 2.24) is 30.2 Å². The van der Waals surface area contributed by atoms with Crippen molar-refractivity contribution in [2.75, 3.05) is 19.7 Å². The van der Waals surface area contributed by atoms with Crippen LogP contribution in [0.25, 0.3) is 11.0 Å². The van der Waals surface area contributed by atoms with E-state index in [1.165, 1.54) is 11.0 Å². The van der Waals surface area contributed by atoms with Gasteiger partial charge in [0.1, 0.15) is 17.7 Å². The molecular formula is C39H48F2N6O8S. The summed E-state index contributed by atoms with van der Waals surface area (Å²) in [6.45, 7) is -0.478. The molecule has 2 aromatic rings. The normalized spacial score (nSPS) is 31.5. The molecule has 3 saturated carbocycles. The highest BCUT2D eigenvalue weighted by atomic mass is 32.2.